The Balaban J connectivity index is 2.42. The summed E-state index contributed by atoms with van der Waals surface area (Å²) >= 11 is 0. The number of nitrogens with zero attached hydrogens (tertiary/aromatic N) is 4. The molecular weight excluding hydrogens is 204 g/mol. The zero-order valence-corrected chi connectivity index (χ0v) is 6.92. The highest BCUT2D eigenvalue weighted by Crippen LogP contribution is 2.41. The van der Waals surface area contributed by atoms with Gasteiger partial charge in [-0.15, -0.1) is 5.10 Å². The maximum Gasteiger partial charge on any atom is 0.313 e. The van der Waals surface area contributed by atoms with Crippen molar-refractivity contribution in [2.75, 3.05) is 0 Å². The van der Waals surface area contributed by atoms with Gasteiger partial charge in [-0.25, -0.2) is 13.5 Å². The molecule has 0 saturated carbocycles. The van der Waals surface area contributed by atoms with E-state index in [2.05, 4.69) is 15.5 Å². The van der Waals surface area contributed by atoms with Gasteiger partial charge in [0.05, 0.1) is 13.0 Å². The van der Waals surface area contributed by atoms with E-state index in [1.54, 1.807) is 0 Å². The molecule has 2 heterocycles. The van der Waals surface area contributed by atoms with E-state index in [1.165, 1.54) is 0 Å². The van der Waals surface area contributed by atoms with E-state index in [-0.39, 0.29) is 6.54 Å². The van der Waals surface area contributed by atoms with Gasteiger partial charge >= 0.3 is 5.92 Å². The zero-order chi connectivity index (χ0) is 10.4. The highest BCUT2D eigenvalue weighted by Gasteiger charge is 2.50. The van der Waals surface area contributed by atoms with Crippen molar-refractivity contribution in [2.45, 2.75) is 31.2 Å². The van der Waals surface area contributed by atoms with Gasteiger partial charge in [-0.1, -0.05) is 0 Å². The highest BCUT2D eigenvalue weighted by atomic mass is 19.3. The van der Waals surface area contributed by atoms with E-state index in [0.717, 1.165) is 4.68 Å². The summed E-state index contributed by atoms with van der Waals surface area (Å²) in [6.45, 7) is -0.287. The summed E-state index contributed by atoms with van der Waals surface area (Å²) in [6.07, 6.45) is -2.19. The van der Waals surface area contributed by atoms with Gasteiger partial charge in [0.15, 0.2) is 0 Å². The Labute approximate surface area is 75.9 Å². The lowest BCUT2D eigenvalue weighted by atomic mass is 10.1. The van der Waals surface area contributed by atoms with E-state index >= 15 is 0 Å². The maximum absolute atomic E-state index is 13.1. The number of hydrogen-bond donors (Lipinski definition) is 0. The summed E-state index contributed by atoms with van der Waals surface area (Å²) in [4.78, 5) is 0. The number of tetrazole rings is 1. The van der Waals surface area contributed by atoms with Crippen LogP contribution in [0, 0.1) is 0 Å². The zero-order valence-electron chi connectivity index (χ0n) is 6.92. The van der Waals surface area contributed by atoms with Crippen LogP contribution in [-0.4, -0.2) is 26.1 Å². The van der Waals surface area contributed by atoms with Crippen molar-refractivity contribution in [2.24, 2.45) is 0 Å². The number of fused-ring (bicyclic) bond motifs is 1. The molecule has 0 radical (unpaired) electrons. The molecule has 78 valence electrons. The Kier molecular flexibility index (Phi) is 1.76. The molecule has 14 heavy (non-hydrogen) atoms. The average molecular weight is 210 g/mol. The minimum atomic E-state index is -3.66. The van der Waals surface area contributed by atoms with Crippen molar-refractivity contribution in [1.29, 1.82) is 0 Å². The number of alkyl halides is 4. The Morgan fingerprint density at radius 1 is 1.21 bits per heavy atom. The molecule has 0 aromatic carbocycles. The Morgan fingerprint density at radius 3 is 2.64 bits per heavy atom. The first-order valence-electron chi connectivity index (χ1n) is 3.93. The fraction of sp³-hybridized carbons (Fsp3) is 0.833. The third-order valence-corrected chi connectivity index (χ3v) is 2.03. The first-order valence-corrected chi connectivity index (χ1v) is 3.93. The van der Waals surface area contributed by atoms with E-state index in [4.69, 9.17) is 0 Å². The van der Waals surface area contributed by atoms with Crippen LogP contribution in [0.15, 0.2) is 0 Å². The van der Waals surface area contributed by atoms with Gasteiger partial charge in [-0.3, -0.25) is 0 Å². The fourth-order valence-corrected chi connectivity index (χ4v) is 1.38. The van der Waals surface area contributed by atoms with Crippen LogP contribution in [0.3, 0.4) is 0 Å². The molecule has 0 unspecified atom stereocenters. The van der Waals surface area contributed by atoms with Gasteiger partial charge in [0.2, 0.25) is 5.82 Å². The van der Waals surface area contributed by atoms with E-state index < -0.39 is 30.5 Å². The van der Waals surface area contributed by atoms with Crippen molar-refractivity contribution < 1.29 is 17.6 Å². The van der Waals surface area contributed by atoms with Crippen molar-refractivity contribution >= 4 is 0 Å². The molecule has 0 aliphatic carbocycles. The van der Waals surface area contributed by atoms with Crippen LogP contribution in [0.1, 0.15) is 18.7 Å². The predicted molar refractivity (Wildman–Crippen MR) is 35.9 cm³/mol. The summed E-state index contributed by atoms with van der Waals surface area (Å²) in [7, 11) is 0. The minimum absolute atomic E-state index is 0.287. The second kappa shape index (κ2) is 2.64. The van der Waals surface area contributed by atoms with Crippen LogP contribution >= 0.6 is 0 Å². The third kappa shape index (κ3) is 1.44. The quantitative estimate of drug-likeness (QED) is 0.604. The maximum atomic E-state index is 13.1. The molecule has 0 spiro atoms. The average Bonchev–Trinajstić information content (AvgIpc) is 2.43. The molecule has 0 fully saturated rings. The molecule has 0 atom stereocenters. The molecule has 0 saturated heterocycles. The monoisotopic (exact) mass is 210 g/mol. The van der Waals surface area contributed by atoms with Crippen LogP contribution in [0.5, 0.6) is 0 Å². The number of aromatic nitrogens is 4. The first kappa shape index (κ1) is 9.35. The van der Waals surface area contributed by atoms with Crippen LogP contribution in [0.4, 0.5) is 17.6 Å². The van der Waals surface area contributed by atoms with Crippen molar-refractivity contribution in [1.82, 2.24) is 20.2 Å². The summed E-state index contributed by atoms with van der Waals surface area (Å²) in [5, 5.41) is 9.30. The first-order chi connectivity index (χ1) is 6.41. The lowest BCUT2D eigenvalue weighted by molar-refractivity contribution is -0.116. The summed E-state index contributed by atoms with van der Waals surface area (Å²) in [6, 6.07) is 0. The number of aryl methyl sites for hydroxylation is 1. The number of halogens is 4. The second-order valence-electron chi connectivity index (χ2n) is 3.21. The SMILES string of the molecule is FC1(F)CCn2nnnc2C(F)(F)C1. The van der Waals surface area contributed by atoms with Crippen LogP contribution in [0.2, 0.25) is 0 Å². The minimum Gasteiger partial charge on any atom is -0.224 e. The van der Waals surface area contributed by atoms with Gasteiger partial charge in [0, 0.05) is 6.42 Å². The molecule has 0 bridgehead atoms. The highest BCUT2D eigenvalue weighted by molar-refractivity contribution is 4.98. The van der Waals surface area contributed by atoms with Gasteiger partial charge in [0.25, 0.3) is 5.92 Å². The second-order valence-corrected chi connectivity index (χ2v) is 3.21. The molecule has 0 N–H and O–H groups in total. The Morgan fingerprint density at radius 2 is 1.93 bits per heavy atom. The van der Waals surface area contributed by atoms with Crippen molar-refractivity contribution in [3.63, 3.8) is 0 Å². The topological polar surface area (TPSA) is 43.6 Å². The summed E-state index contributed by atoms with van der Waals surface area (Å²) < 4.78 is 52.7. The molecule has 4 nitrogen and oxygen atoms in total. The molecule has 1 aromatic heterocycles. The Bertz CT molecular complexity index is 347. The summed E-state index contributed by atoms with van der Waals surface area (Å²) in [5.74, 6) is -7.83. The smallest absolute Gasteiger partial charge is 0.224 e. The van der Waals surface area contributed by atoms with Crippen LogP contribution in [-0.2, 0) is 12.5 Å². The lowest BCUT2D eigenvalue weighted by Gasteiger charge is -2.17. The largest absolute Gasteiger partial charge is 0.313 e. The normalized spacial score (nSPS) is 24.0. The standard InChI is InChI=1S/C6H6F4N4/c7-5(8)1-2-14-4(11-12-13-14)6(9,10)3-5/h1-3H2. The van der Waals surface area contributed by atoms with Gasteiger partial charge in [-0.2, -0.15) is 8.78 Å². The van der Waals surface area contributed by atoms with Crippen molar-refractivity contribution in [3.8, 4) is 0 Å². The molecule has 1 aliphatic rings. The molecule has 1 aliphatic heterocycles. The number of hydrogen-bond acceptors (Lipinski definition) is 3. The summed E-state index contributed by atoms with van der Waals surface area (Å²) in [5.41, 5.74) is 0. The fourth-order valence-electron chi connectivity index (χ4n) is 1.38. The lowest BCUT2D eigenvalue weighted by Crippen LogP contribution is -2.26. The predicted octanol–water partition coefficient (Wildman–Crippen LogP) is 1.19. The molecule has 1 aromatic rings. The van der Waals surface area contributed by atoms with Crippen LogP contribution in [0.25, 0.3) is 0 Å². The molecular formula is C6H6F4N4. The third-order valence-electron chi connectivity index (χ3n) is 2.03. The van der Waals surface area contributed by atoms with E-state index in [1.807, 2.05) is 0 Å². The number of rotatable bonds is 0. The van der Waals surface area contributed by atoms with Crippen molar-refractivity contribution in [3.05, 3.63) is 5.82 Å². The van der Waals surface area contributed by atoms with Gasteiger partial charge in [0.1, 0.15) is 0 Å². The Hall–Kier alpha value is -1.21. The van der Waals surface area contributed by atoms with Gasteiger partial charge < -0.3 is 0 Å². The molecule has 0 amide bonds. The van der Waals surface area contributed by atoms with Crippen LogP contribution < -0.4 is 0 Å². The van der Waals surface area contributed by atoms with Gasteiger partial charge in [-0.05, 0) is 10.4 Å². The van der Waals surface area contributed by atoms with E-state index in [9.17, 15) is 17.6 Å². The molecule has 8 heteroatoms. The van der Waals surface area contributed by atoms with E-state index in [0.29, 0.717) is 0 Å². The molecule has 2 rings (SSSR count).